The maximum absolute atomic E-state index is 11.8. The number of nitrogens with two attached hydrogens (primary N) is 1. The summed E-state index contributed by atoms with van der Waals surface area (Å²) in [5, 5.41) is 1.15. The Morgan fingerprint density at radius 3 is 2.35 bits per heavy atom. The van der Waals surface area contributed by atoms with Crippen molar-refractivity contribution < 1.29 is 24.1 Å². The van der Waals surface area contributed by atoms with Gasteiger partial charge in [-0.2, -0.15) is 5.90 Å². The molecule has 0 amide bonds. The molecule has 0 aliphatic heterocycles. The highest BCUT2D eigenvalue weighted by Gasteiger charge is 2.22. The maximum atomic E-state index is 11.8. The lowest BCUT2D eigenvalue weighted by Gasteiger charge is -2.12. The van der Waals surface area contributed by atoms with Crippen molar-refractivity contribution in [3.63, 3.8) is 0 Å². The summed E-state index contributed by atoms with van der Waals surface area (Å²) in [6.07, 6.45) is 4.99. The zero-order chi connectivity index (χ0) is 15.3. The summed E-state index contributed by atoms with van der Waals surface area (Å²) in [7, 11) is 2.99. The third-order valence-electron chi connectivity index (χ3n) is 2.23. The number of hydroxylamine groups is 2. The molecule has 7 nitrogen and oxygen atoms in total. The average Bonchev–Trinajstić information content (AvgIpc) is 2.44. The molecule has 0 unspecified atom stereocenters. The Bertz CT molecular complexity index is 601. The molecule has 0 bridgehead atoms. The van der Waals surface area contributed by atoms with Crippen molar-refractivity contribution in [2.75, 3.05) is 14.1 Å². The van der Waals surface area contributed by atoms with Crippen molar-refractivity contribution in [3.05, 3.63) is 34.9 Å². The number of carbonyl (C=O) groups excluding carboxylic acids is 3. The minimum atomic E-state index is -0.984. The Labute approximate surface area is 115 Å². The van der Waals surface area contributed by atoms with E-state index in [1.54, 1.807) is 0 Å². The largest absolute Gasteiger partial charge is 0.370 e. The minimum absolute atomic E-state index is 0.0642. The van der Waals surface area contributed by atoms with Gasteiger partial charge in [0.1, 0.15) is 0 Å². The average molecular weight is 276 g/mol. The molecule has 0 radical (unpaired) electrons. The van der Waals surface area contributed by atoms with Gasteiger partial charge < -0.3 is 9.68 Å². The molecule has 0 aromatic heterocycles. The molecular weight excluding hydrogens is 264 g/mol. The highest BCUT2D eigenvalue weighted by Crippen LogP contribution is 2.15. The van der Waals surface area contributed by atoms with Crippen LogP contribution in [0.1, 0.15) is 31.1 Å². The Balaban J connectivity index is 3.31. The van der Waals surface area contributed by atoms with Gasteiger partial charge >= 0.3 is 11.9 Å². The van der Waals surface area contributed by atoms with Crippen LogP contribution in [0.25, 0.3) is 0 Å². The van der Waals surface area contributed by atoms with Crippen LogP contribution < -0.4 is 5.90 Å². The number of ketones is 1. The number of Topliss-reactive ketones (excluding diaryl/α,β-unsaturated/α-hetero) is 1. The molecule has 0 saturated carbocycles. The quantitative estimate of drug-likeness (QED) is 0.362. The predicted molar refractivity (Wildman–Crippen MR) is 68.3 cm³/mol. The molecule has 20 heavy (non-hydrogen) atoms. The first kappa shape index (κ1) is 15.4. The van der Waals surface area contributed by atoms with Crippen molar-refractivity contribution in [2.24, 2.45) is 5.90 Å². The first-order valence-corrected chi connectivity index (χ1v) is 5.36. The third kappa shape index (κ3) is 3.41. The number of terminal acetylenes is 1. The molecule has 0 heterocycles. The van der Waals surface area contributed by atoms with Crippen LogP contribution in [-0.2, 0) is 9.68 Å². The van der Waals surface area contributed by atoms with Crippen LogP contribution >= 0.6 is 0 Å². The van der Waals surface area contributed by atoms with Gasteiger partial charge in [-0.3, -0.25) is 4.79 Å². The second kappa shape index (κ2) is 6.47. The van der Waals surface area contributed by atoms with Crippen molar-refractivity contribution in [2.45, 2.75) is 0 Å². The summed E-state index contributed by atoms with van der Waals surface area (Å²) in [5.74, 6) is 4.28. The van der Waals surface area contributed by atoms with E-state index in [0.29, 0.717) is 0 Å². The van der Waals surface area contributed by atoms with E-state index in [-0.39, 0.29) is 16.7 Å². The topological polar surface area (TPSA) is 98.9 Å². The predicted octanol–water partition coefficient (Wildman–Crippen LogP) is 0.166. The van der Waals surface area contributed by atoms with Gasteiger partial charge in [-0.15, -0.1) is 11.5 Å². The molecule has 2 N–H and O–H groups in total. The molecule has 0 fully saturated rings. The first-order chi connectivity index (χ1) is 9.40. The lowest BCUT2D eigenvalue weighted by atomic mass is 10.0. The van der Waals surface area contributed by atoms with Crippen LogP contribution in [-0.4, -0.2) is 36.9 Å². The molecule has 1 rings (SSSR count). The zero-order valence-corrected chi connectivity index (χ0v) is 10.9. The number of rotatable bonds is 4. The number of hydrogen-bond acceptors (Lipinski definition) is 7. The van der Waals surface area contributed by atoms with Gasteiger partial charge in [-0.05, 0) is 24.1 Å². The fraction of sp³-hybridized carbons (Fsp3) is 0.154. The fourth-order valence-electron chi connectivity index (χ4n) is 1.39. The number of carbonyl (C=O) groups is 3. The van der Waals surface area contributed by atoms with Crippen LogP contribution in [0.5, 0.6) is 0 Å². The van der Waals surface area contributed by atoms with Crippen LogP contribution in [0.15, 0.2) is 18.2 Å². The van der Waals surface area contributed by atoms with Crippen LogP contribution in [0.3, 0.4) is 0 Å². The molecule has 0 spiro atoms. The van der Waals surface area contributed by atoms with E-state index >= 15 is 0 Å². The Morgan fingerprint density at radius 2 is 1.85 bits per heavy atom. The molecule has 7 heteroatoms. The van der Waals surface area contributed by atoms with Crippen LogP contribution in [0, 0.1) is 12.3 Å². The Morgan fingerprint density at radius 1 is 1.20 bits per heavy atom. The molecule has 1 aromatic carbocycles. The van der Waals surface area contributed by atoms with Gasteiger partial charge in [0.25, 0.3) is 0 Å². The van der Waals surface area contributed by atoms with E-state index in [4.69, 9.17) is 17.2 Å². The van der Waals surface area contributed by atoms with Crippen molar-refractivity contribution in [3.8, 4) is 12.3 Å². The zero-order valence-electron chi connectivity index (χ0n) is 10.9. The van der Waals surface area contributed by atoms with E-state index in [1.807, 2.05) is 5.92 Å². The van der Waals surface area contributed by atoms with Gasteiger partial charge in [0, 0.05) is 19.7 Å². The fourth-order valence-corrected chi connectivity index (χ4v) is 1.39. The minimum Gasteiger partial charge on any atom is -0.370 e. The molecule has 0 aliphatic rings. The summed E-state index contributed by atoms with van der Waals surface area (Å²) in [6.45, 7) is 0. The highest BCUT2D eigenvalue weighted by molar-refractivity contribution is 6.11. The van der Waals surface area contributed by atoms with E-state index in [9.17, 15) is 14.4 Å². The Kier molecular flexibility index (Phi) is 4.97. The van der Waals surface area contributed by atoms with Gasteiger partial charge in [0.15, 0.2) is 0 Å². The van der Waals surface area contributed by atoms with E-state index < -0.39 is 17.7 Å². The number of benzene rings is 1. The van der Waals surface area contributed by atoms with Crippen molar-refractivity contribution in [1.82, 2.24) is 5.06 Å². The molecule has 0 atom stereocenters. The normalized spacial score (nSPS) is 9.75. The number of hydrogen-bond donors (Lipinski definition) is 1. The van der Waals surface area contributed by atoms with Gasteiger partial charge in [-0.1, -0.05) is 0 Å². The van der Waals surface area contributed by atoms with Gasteiger partial charge in [-0.25, -0.2) is 9.59 Å². The summed E-state index contributed by atoms with van der Waals surface area (Å²) >= 11 is 0. The summed E-state index contributed by atoms with van der Waals surface area (Å²) in [6, 6.07) is 3.67. The van der Waals surface area contributed by atoms with E-state index in [0.717, 1.165) is 11.1 Å². The third-order valence-corrected chi connectivity index (χ3v) is 2.23. The molecule has 104 valence electrons. The molecular formula is C13H12N2O5. The molecule has 0 saturated heterocycles. The molecule has 0 aliphatic carbocycles. The SMILES string of the molecule is C#CC(=O)c1ccc(C(=O)ON(C)C)c(C(=O)ON)c1. The van der Waals surface area contributed by atoms with E-state index in [2.05, 4.69) is 4.84 Å². The smallest absolute Gasteiger partial charge is 0.357 e. The van der Waals surface area contributed by atoms with Crippen molar-refractivity contribution >= 4 is 17.7 Å². The maximum Gasteiger partial charge on any atom is 0.357 e. The summed E-state index contributed by atoms with van der Waals surface area (Å²) in [5.41, 5.74) is -0.238. The second-order valence-corrected chi connectivity index (χ2v) is 3.83. The van der Waals surface area contributed by atoms with Gasteiger partial charge in [0.2, 0.25) is 5.78 Å². The van der Waals surface area contributed by atoms with Crippen molar-refractivity contribution in [1.29, 1.82) is 0 Å². The summed E-state index contributed by atoms with van der Waals surface area (Å²) < 4.78 is 0. The Hall–Kier alpha value is -2.69. The van der Waals surface area contributed by atoms with Crippen LogP contribution in [0.2, 0.25) is 0 Å². The monoisotopic (exact) mass is 276 g/mol. The number of nitrogens with zero attached hydrogens (tertiary/aromatic N) is 1. The summed E-state index contributed by atoms with van der Waals surface area (Å²) in [4.78, 5) is 43.7. The first-order valence-electron chi connectivity index (χ1n) is 5.36. The standard InChI is InChI=1S/C13H12N2O5/c1-4-11(16)8-5-6-9(13(18)20-15(2)3)10(7-8)12(17)19-14/h1,5-7H,14H2,2-3H3. The van der Waals surface area contributed by atoms with E-state index in [1.165, 1.54) is 26.2 Å². The second-order valence-electron chi connectivity index (χ2n) is 3.83. The highest BCUT2D eigenvalue weighted by atomic mass is 16.7. The van der Waals surface area contributed by atoms with Crippen LogP contribution in [0.4, 0.5) is 0 Å². The van der Waals surface area contributed by atoms with Gasteiger partial charge in [0.05, 0.1) is 11.1 Å². The molecule has 1 aromatic rings. The lowest BCUT2D eigenvalue weighted by molar-refractivity contribution is -0.0714. The lowest BCUT2D eigenvalue weighted by Crippen LogP contribution is -2.22.